The van der Waals surface area contributed by atoms with E-state index in [9.17, 15) is 14.0 Å². The molecule has 0 radical (unpaired) electrons. The minimum Gasteiger partial charge on any atom is -0.343 e. The van der Waals surface area contributed by atoms with Gasteiger partial charge in [-0.2, -0.15) is 0 Å². The van der Waals surface area contributed by atoms with Crippen LogP contribution in [0.5, 0.6) is 0 Å². The van der Waals surface area contributed by atoms with Crippen LogP contribution in [0.1, 0.15) is 23.4 Å². The Balaban J connectivity index is 1.64. The van der Waals surface area contributed by atoms with E-state index < -0.39 is 6.04 Å². The Morgan fingerprint density at radius 3 is 2.34 bits per heavy atom. The molecule has 0 aliphatic heterocycles. The number of nitrogens with one attached hydrogen (secondary N) is 1. The standard InChI is InChI=1S/C22H20FN3O2S/c1-2-25-17-6-3-4-7-18(17)26(22(25)28)14-20(27)24-21(19-8-5-13-29-19)15-9-11-16(23)12-10-15/h3-13,21H,2,14H2,1H3,(H,24,27). The van der Waals surface area contributed by atoms with E-state index in [4.69, 9.17) is 0 Å². The van der Waals surface area contributed by atoms with Gasteiger partial charge in [0.15, 0.2) is 0 Å². The van der Waals surface area contributed by atoms with Crippen molar-refractivity contribution >= 4 is 28.3 Å². The van der Waals surface area contributed by atoms with Crippen LogP contribution in [0.3, 0.4) is 0 Å². The maximum atomic E-state index is 13.3. The topological polar surface area (TPSA) is 56.0 Å². The van der Waals surface area contributed by atoms with Gasteiger partial charge in [-0.25, -0.2) is 9.18 Å². The summed E-state index contributed by atoms with van der Waals surface area (Å²) in [5, 5.41) is 4.93. The zero-order chi connectivity index (χ0) is 20.4. The largest absolute Gasteiger partial charge is 0.343 e. The number of carbonyl (C=O) groups excluding carboxylic acids is 1. The van der Waals surface area contributed by atoms with Crippen LogP contribution in [0, 0.1) is 5.82 Å². The molecule has 2 heterocycles. The Bertz CT molecular complexity index is 1190. The van der Waals surface area contributed by atoms with Crippen LogP contribution in [0.25, 0.3) is 11.0 Å². The molecule has 1 unspecified atom stereocenters. The van der Waals surface area contributed by atoms with E-state index in [-0.39, 0.29) is 24.0 Å². The Morgan fingerprint density at radius 2 is 1.72 bits per heavy atom. The first-order chi connectivity index (χ1) is 14.1. The summed E-state index contributed by atoms with van der Waals surface area (Å²) in [5.74, 6) is -0.613. The summed E-state index contributed by atoms with van der Waals surface area (Å²) in [7, 11) is 0. The molecule has 4 rings (SSSR count). The number of rotatable bonds is 6. The van der Waals surface area contributed by atoms with Crippen molar-refractivity contribution in [3.8, 4) is 0 Å². The van der Waals surface area contributed by atoms with Gasteiger partial charge < -0.3 is 5.32 Å². The van der Waals surface area contributed by atoms with E-state index in [0.29, 0.717) is 6.54 Å². The summed E-state index contributed by atoms with van der Waals surface area (Å²) in [5.41, 5.74) is 2.11. The van der Waals surface area contributed by atoms with E-state index in [1.165, 1.54) is 28.0 Å². The van der Waals surface area contributed by atoms with Crippen molar-refractivity contribution in [2.24, 2.45) is 0 Å². The van der Waals surface area contributed by atoms with Crippen molar-refractivity contribution in [2.45, 2.75) is 26.1 Å². The number of imidazole rings is 1. The number of benzene rings is 2. The first kappa shape index (κ1) is 19.1. The molecule has 0 saturated carbocycles. The van der Waals surface area contributed by atoms with Crippen LogP contribution < -0.4 is 11.0 Å². The van der Waals surface area contributed by atoms with Crippen LogP contribution in [-0.2, 0) is 17.9 Å². The molecule has 0 aliphatic carbocycles. The lowest BCUT2D eigenvalue weighted by Gasteiger charge is -2.18. The maximum absolute atomic E-state index is 13.3. The smallest absolute Gasteiger partial charge is 0.329 e. The summed E-state index contributed by atoms with van der Waals surface area (Å²) >= 11 is 1.51. The molecule has 1 amide bonds. The average molecular weight is 409 g/mol. The molecule has 1 atom stereocenters. The van der Waals surface area contributed by atoms with Gasteiger partial charge in [0.25, 0.3) is 0 Å². The zero-order valence-electron chi connectivity index (χ0n) is 15.8. The second-order valence-electron chi connectivity index (χ2n) is 6.67. The fourth-order valence-corrected chi connectivity index (χ4v) is 4.31. The lowest BCUT2D eigenvalue weighted by molar-refractivity contribution is -0.122. The molecular formula is C22H20FN3O2S. The van der Waals surface area contributed by atoms with Crippen molar-refractivity contribution in [2.75, 3.05) is 0 Å². The number of aryl methyl sites for hydroxylation is 1. The maximum Gasteiger partial charge on any atom is 0.329 e. The summed E-state index contributed by atoms with van der Waals surface area (Å²) in [6.07, 6.45) is 0. The Hall–Kier alpha value is -3.19. The van der Waals surface area contributed by atoms with Gasteiger partial charge in [0.05, 0.1) is 17.1 Å². The second kappa shape index (κ2) is 8.05. The molecule has 0 fully saturated rings. The molecule has 5 nitrogen and oxygen atoms in total. The molecule has 148 valence electrons. The number of carbonyl (C=O) groups is 1. The van der Waals surface area contributed by atoms with Crippen molar-refractivity contribution < 1.29 is 9.18 Å². The summed E-state index contributed by atoms with van der Waals surface area (Å²) in [6.45, 7) is 2.34. The van der Waals surface area contributed by atoms with Gasteiger partial charge in [-0.15, -0.1) is 11.3 Å². The monoisotopic (exact) mass is 409 g/mol. The predicted octanol–water partition coefficient (Wildman–Crippen LogP) is 3.93. The first-order valence-electron chi connectivity index (χ1n) is 9.34. The van der Waals surface area contributed by atoms with Gasteiger partial charge in [0.2, 0.25) is 5.91 Å². The number of fused-ring (bicyclic) bond motifs is 1. The molecule has 2 aromatic carbocycles. The normalized spacial score (nSPS) is 12.2. The van der Waals surface area contributed by atoms with Crippen LogP contribution >= 0.6 is 11.3 Å². The highest BCUT2D eigenvalue weighted by atomic mass is 32.1. The molecule has 0 aliphatic rings. The number of halogens is 1. The number of nitrogens with zero attached hydrogens (tertiary/aromatic N) is 2. The van der Waals surface area contributed by atoms with Gasteiger partial charge in [-0.1, -0.05) is 30.3 Å². The molecule has 0 spiro atoms. The predicted molar refractivity (Wildman–Crippen MR) is 113 cm³/mol. The highest BCUT2D eigenvalue weighted by Gasteiger charge is 2.20. The lowest BCUT2D eigenvalue weighted by atomic mass is 10.1. The molecule has 4 aromatic rings. The van der Waals surface area contributed by atoms with Gasteiger partial charge in [-0.3, -0.25) is 13.9 Å². The minimum atomic E-state index is -0.404. The lowest BCUT2D eigenvalue weighted by Crippen LogP contribution is -2.35. The fraction of sp³-hybridized carbons (Fsp3) is 0.182. The van der Waals surface area contributed by atoms with Crippen molar-refractivity contribution in [3.63, 3.8) is 0 Å². The number of aromatic nitrogens is 2. The van der Waals surface area contributed by atoms with Gasteiger partial charge >= 0.3 is 5.69 Å². The SMILES string of the molecule is CCn1c(=O)n(CC(=O)NC(c2ccc(F)cc2)c2cccs2)c2ccccc21. The van der Waals surface area contributed by atoms with E-state index in [1.54, 1.807) is 16.7 Å². The number of thiophene rings is 1. The van der Waals surface area contributed by atoms with Crippen molar-refractivity contribution in [1.82, 2.24) is 14.5 Å². The summed E-state index contributed by atoms with van der Waals surface area (Å²) < 4.78 is 16.5. The van der Waals surface area contributed by atoms with Gasteiger partial charge in [0, 0.05) is 11.4 Å². The molecule has 7 heteroatoms. The average Bonchev–Trinajstić information content (AvgIpc) is 3.34. The highest BCUT2D eigenvalue weighted by Crippen LogP contribution is 2.26. The van der Waals surface area contributed by atoms with Crippen molar-refractivity contribution in [1.29, 1.82) is 0 Å². The van der Waals surface area contributed by atoms with E-state index in [0.717, 1.165) is 21.5 Å². The summed E-state index contributed by atoms with van der Waals surface area (Å²) in [4.78, 5) is 26.6. The molecule has 0 saturated heterocycles. The number of amides is 1. The van der Waals surface area contributed by atoms with Crippen molar-refractivity contribution in [3.05, 3.63) is 92.8 Å². The number of hydrogen-bond donors (Lipinski definition) is 1. The highest BCUT2D eigenvalue weighted by molar-refractivity contribution is 7.10. The Kier molecular flexibility index (Phi) is 5.31. The van der Waals surface area contributed by atoms with E-state index in [1.807, 2.05) is 48.7 Å². The first-order valence-corrected chi connectivity index (χ1v) is 10.2. The number of hydrogen-bond acceptors (Lipinski definition) is 3. The van der Waals surface area contributed by atoms with Crippen LogP contribution in [0.15, 0.2) is 70.8 Å². The molecule has 2 aromatic heterocycles. The van der Waals surface area contributed by atoms with Gasteiger partial charge in [-0.05, 0) is 48.2 Å². The quantitative estimate of drug-likeness (QED) is 0.525. The Labute approximate surface area is 171 Å². The second-order valence-corrected chi connectivity index (χ2v) is 7.65. The molecule has 29 heavy (non-hydrogen) atoms. The van der Waals surface area contributed by atoms with Crippen LogP contribution in [-0.4, -0.2) is 15.0 Å². The minimum absolute atomic E-state index is 0.0879. The molecular weight excluding hydrogens is 389 g/mol. The molecule has 1 N–H and O–H groups in total. The third-order valence-corrected chi connectivity index (χ3v) is 5.82. The Morgan fingerprint density at radius 1 is 1.03 bits per heavy atom. The summed E-state index contributed by atoms with van der Waals surface area (Å²) in [6, 6.07) is 16.9. The zero-order valence-corrected chi connectivity index (χ0v) is 16.7. The van der Waals surface area contributed by atoms with E-state index in [2.05, 4.69) is 5.32 Å². The van der Waals surface area contributed by atoms with Crippen LogP contribution in [0.4, 0.5) is 4.39 Å². The third kappa shape index (κ3) is 3.73. The molecule has 0 bridgehead atoms. The van der Waals surface area contributed by atoms with Gasteiger partial charge in [0.1, 0.15) is 12.4 Å². The van der Waals surface area contributed by atoms with E-state index >= 15 is 0 Å². The number of para-hydroxylation sites is 2. The van der Waals surface area contributed by atoms with Crippen LogP contribution in [0.2, 0.25) is 0 Å². The fourth-order valence-electron chi connectivity index (χ4n) is 3.51. The third-order valence-electron chi connectivity index (χ3n) is 4.88.